The van der Waals surface area contributed by atoms with Gasteiger partial charge in [0.25, 0.3) is 0 Å². The van der Waals surface area contributed by atoms with E-state index >= 15 is 0 Å². The fourth-order valence-corrected chi connectivity index (χ4v) is 13.4. The maximum atomic E-state index is 13.1. The first-order chi connectivity index (χ1) is 27.0. The average molecular weight is 817 g/mol. The zero-order valence-electron chi connectivity index (χ0n) is 36.7. The van der Waals surface area contributed by atoms with Crippen molar-refractivity contribution in [2.45, 2.75) is 176 Å². The molecule has 1 heterocycles. The molecule has 12 heteroatoms. The van der Waals surface area contributed by atoms with E-state index in [2.05, 4.69) is 26.8 Å². The van der Waals surface area contributed by atoms with E-state index in [4.69, 9.17) is 18.9 Å². The minimum absolute atomic E-state index is 0.0694. The zero-order valence-corrected chi connectivity index (χ0v) is 36.7. The number of ether oxygens (including phenoxy) is 4. The third kappa shape index (κ3) is 6.52. The molecule has 4 saturated carbocycles. The lowest BCUT2D eigenvalue weighted by Gasteiger charge is -2.72. The third-order valence-electron chi connectivity index (χ3n) is 17.5. The Bertz CT molecular complexity index is 1690. The quantitative estimate of drug-likeness (QED) is 0.0841. The van der Waals surface area contributed by atoms with E-state index in [1.54, 1.807) is 46.8 Å². The number of hydrogen-bond donors (Lipinski definition) is 6. The summed E-state index contributed by atoms with van der Waals surface area (Å²) in [5.41, 5.74) is -1.88. The van der Waals surface area contributed by atoms with Crippen LogP contribution in [-0.2, 0) is 28.5 Å². The van der Waals surface area contributed by atoms with Gasteiger partial charge in [0.2, 0.25) is 0 Å². The van der Waals surface area contributed by atoms with Crippen LogP contribution < -0.4 is 0 Å². The second kappa shape index (κ2) is 15.6. The van der Waals surface area contributed by atoms with Gasteiger partial charge < -0.3 is 49.6 Å². The Hall–Kier alpha value is -2.16. The summed E-state index contributed by atoms with van der Waals surface area (Å²) in [4.78, 5) is 26.0. The summed E-state index contributed by atoms with van der Waals surface area (Å²) >= 11 is 0. The van der Waals surface area contributed by atoms with Crippen molar-refractivity contribution in [3.63, 3.8) is 0 Å². The molecule has 0 radical (unpaired) electrons. The van der Waals surface area contributed by atoms with Gasteiger partial charge in [0.15, 0.2) is 18.5 Å². The Labute approximate surface area is 345 Å². The van der Waals surface area contributed by atoms with Gasteiger partial charge in [-0.25, -0.2) is 9.59 Å². The number of carbonyl (C=O) groups is 2. The Morgan fingerprint density at radius 2 is 1.43 bits per heavy atom. The van der Waals surface area contributed by atoms with Crippen molar-refractivity contribution in [1.82, 2.24) is 0 Å². The summed E-state index contributed by atoms with van der Waals surface area (Å²) < 4.78 is 24.3. The molecule has 0 spiro atoms. The molecule has 0 aromatic carbocycles. The van der Waals surface area contributed by atoms with Crippen LogP contribution in [0.15, 0.2) is 34.9 Å². The van der Waals surface area contributed by atoms with Crippen LogP contribution in [0.5, 0.6) is 0 Å². The molecule has 12 nitrogen and oxygen atoms in total. The normalized spacial score (nSPS) is 49.0. The van der Waals surface area contributed by atoms with Crippen molar-refractivity contribution in [2.75, 3.05) is 13.2 Å². The van der Waals surface area contributed by atoms with E-state index in [-0.39, 0.29) is 34.8 Å². The molecule has 5 fully saturated rings. The van der Waals surface area contributed by atoms with Crippen molar-refractivity contribution < 1.29 is 59.2 Å². The largest absolute Gasteiger partial charge is 0.452 e. The lowest BCUT2D eigenvalue weighted by Crippen LogP contribution is -2.72. The number of hydrogen-bond acceptors (Lipinski definition) is 12. The van der Waals surface area contributed by atoms with Gasteiger partial charge in [-0.1, -0.05) is 65.3 Å². The fraction of sp³-hybridized carbons (Fsp3) is 0.826. The molecular weight excluding hydrogens is 744 g/mol. The van der Waals surface area contributed by atoms with Gasteiger partial charge >= 0.3 is 11.9 Å². The van der Waals surface area contributed by atoms with Gasteiger partial charge in [-0.3, -0.25) is 0 Å². The highest BCUT2D eigenvalue weighted by atomic mass is 16.7. The Balaban J connectivity index is 1.33. The van der Waals surface area contributed by atoms with Crippen molar-refractivity contribution >= 4 is 11.9 Å². The molecule has 1 aliphatic heterocycles. The second-order valence-corrected chi connectivity index (χ2v) is 20.6. The zero-order chi connectivity index (χ0) is 43.1. The van der Waals surface area contributed by atoms with E-state index in [0.717, 1.165) is 31.3 Å². The SMILES string of the molecule is C/C=C(/C)C(=O)O[C@@H]1[C@@H](O)[C@H](O[C@H]2[C@H](O)[C@]3(CO)[C@H](O)C[C@]4(C)C(=CC[C@@H]5[C@@]6(C)CC[C@H](O)[C@](C)(CO)[C@@H]6CC[C@]54C)[C@@H]3CC2(C)C)O[C@H](C)[C@@H]1OC(=O)/C(C)=C\C. The third-order valence-corrected chi connectivity index (χ3v) is 17.5. The summed E-state index contributed by atoms with van der Waals surface area (Å²) in [6, 6.07) is 0. The second-order valence-electron chi connectivity index (χ2n) is 20.6. The van der Waals surface area contributed by atoms with Crippen LogP contribution in [0.4, 0.5) is 0 Å². The van der Waals surface area contributed by atoms with Crippen molar-refractivity contribution in [3.8, 4) is 0 Å². The predicted molar refractivity (Wildman–Crippen MR) is 216 cm³/mol. The molecule has 0 unspecified atom stereocenters. The molecule has 328 valence electrons. The van der Waals surface area contributed by atoms with Gasteiger partial charge in [-0.15, -0.1) is 0 Å². The van der Waals surface area contributed by atoms with E-state index in [0.29, 0.717) is 24.8 Å². The number of aliphatic hydroxyl groups excluding tert-OH is 6. The first kappa shape index (κ1) is 45.4. The van der Waals surface area contributed by atoms with Crippen molar-refractivity contribution in [1.29, 1.82) is 0 Å². The molecule has 6 aliphatic rings. The summed E-state index contributed by atoms with van der Waals surface area (Å²) in [7, 11) is 0. The summed E-state index contributed by atoms with van der Waals surface area (Å²) in [5, 5.41) is 70.2. The van der Waals surface area contributed by atoms with Crippen LogP contribution in [0, 0.1) is 50.2 Å². The van der Waals surface area contributed by atoms with Gasteiger partial charge in [-0.05, 0) is 119 Å². The first-order valence-electron chi connectivity index (χ1n) is 21.6. The van der Waals surface area contributed by atoms with E-state index in [9.17, 15) is 40.2 Å². The minimum Gasteiger partial charge on any atom is -0.452 e. The molecule has 0 aromatic rings. The van der Waals surface area contributed by atoms with Crippen LogP contribution >= 0.6 is 0 Å². The van der Waals surface area contributed by atoms with Gasteiger partial charge in [0, 0.05) is 16.6 Å². The number of allylic oxidation sites excluding steroid dienone is 4. The van der Waals surface area contributed by atoms with Gasteiger partial charge in [0.1, 0.15) is 6.10 Å². The standard InChI is InChI=1S/C46H72O12/c1-12-24(3)38(53)56-34-26(5)55-40(33(51)35(34)57-39(54)25(4)13-2)58-37-36(52)46(23-48)28(20-41(37,6)7)27-14-15-30-42(8)18-17-31(49)43(9,22-47)29(42)16-19-44(30,10)45(27,11)21-32(46)50/h12-14,26,28-37,40,47-52H,15-23H2,1-11H3/b24-12-,25-13-/t26-,28+,29-,30-,31+,32-,33-,34+,35-,36+,37+,40+,42+,43-,44-,45-,46+/m1/s1. The van der Waals surface area contributed by atoms with Crippen LogP contribution in [0.2, 0.25) is 0 Å². The van der Waals surface area contributed by atoms with Gasteiger partial charge in [0.05, 0.1) is 49.1 Å². The maximum Gasteiger partial charge on any atom is 0.333 e. The average Bonchev–Trinajstić information content (AvgIpc) is 3.17. The number of fused-ring (bicyclic) bond motifs is 7. The van der Waals surface area contributed by atoms with Crippen molar-refractivity contribution in [3.05, 3.63) is 34.9 Å². The van der Waals surface area contributed by atoms with Crippen molar-refractivity contribution in [2.24, 2.45) is 50.2 Å². The number of carbonyl (C=O) groups excluding carboxylic acids is 2. The molecule has 58 heavy (non-hydrogen) atoms. The number of aliphatic hydroxyl groups is 6. The molecule has 0 bridgehead atoms. The maximum absolute atomic E-state index is 13.1. The predicted octanol–water partition coefficient (Wildman–Crippen LogP) is 4.91. The van der Waals surface area contributed by atoms with Gasteiger partial charge in [-0.2, -0.15) is 0 Å². The monoisotopic (exact) mass is 817 g/mol. The summed E-state index contributed by atoms with van der Waals surface area (Å²) in [5.74, 6) is -1.40. The number of rotatable bonds is 8. The Kier molecular flexibility index (Phi) is 12.2. The molecule has 5 aliphatic carbocycles. The molecule has 0 aromatic heterocycles. The first-order valence-corrected chi connectivity index (χ1v) is 21.6. The highest BCUT2D eigenvalue weighted by Gasteiger charge is 2.73. The van der Waals surface area contributed by atoms with Crippen LogP contribution in [0.1, 0.15) is 121 Å². The lowest BCUT2D eigenvalue weighted by molar-refractivity contribution is -0.342. The Morgan fingerprint density at radius 1 is 0.828 bits per heavy atom. The van der Waals surface area contributed by atoms with E-state index < -0.39 is 101 Å². The number of esters is 2. The Morgan fingerprint density at radius 3 is 2.00 bits per heavy atom. The minimum atomic E-state index is -1.64. The molecule has 0 amide bonds. The van der Waals surface area contributed by atoms with Crippen LogP contribution in [0.25, 0.3) is 0 Å². The molecular formula is C46H72O12. The van der Waals surface area contributed by atoms with Crippen LogP contribution in [0.3, 0.4) is 0 Å². The van der Waals surface area contributed by atoms with E-state index in [1.165, 1.54) is 0 Å². The molecule has 1 saturated heterocycles. The molecule has 6 N–H and O–H groups in total. The topological polar surface area (TPSA) is 192 Å². The van der Waals surface area contributed by atoms with Crippen LogP contribution in [-0.4, -0.2) is 111 Å². The smallest absolute Gasteiger partial charge is 0.333 e. The molecule has 17 atom stereocenters. The fourth-order valence-electron chi connectivity index (χ4n) is 13.4. The summed E-state index contributed by atoms with van der Waals surface area (Å²) in [6.45, 7) is 20.5. The highest BCUT2D eigenvalue weighted by Crippen LogP contribution is 2.75. The lowest BCUT2D eigenvalue weighted by atomic mass is 9.33. The molecule has 6 rings (SSSR count). The summed E-state index contributed by atoms with van der Waals surface area (Å²) in [6.07, 6.45) is -0.461. The van der Waals surface area contributed by atoms with E-state index in [1.807, 2.05) is 20.8 Å². The highest BCUT2D eigenvalue weighted by molar-refractivity contribution is 5.88.